The predicted octanol–water partition coefficient (Wildman–Crippen LogP) is 3.91. The Bertz CT molecular complexity index is 409. The second kappa shape index (κ2) is 7.90. The Balaban J connectivity index is 0.00000200. The first-order chi connectivity index (χ1) is 8.97. The normalized spacial score (nSPS) is 22.3. The van der Waals surface area contributed by atoms with E-state index in [0.717, 1.165) is 36.8 Å². The first-order valence-corrected chi connectivity index (χ1v) is 8.20. The molecule has 0 saturated carbocycles. The second-order valence-electron chi connectivity index (χ2n) is 5.96. The van der Waals surface area contributed by atoms with Crippen LogP contribution in [-0.4, -0.2) is 36.3 Å². The highest BCUT2D eigenvalue weighted by Gasteiger charge is 2.32. The van der Waals surface area contributed by atoms with Crippen LogP contribution in [0.15, 0.2) is 29.2 Å². The Morgan fingerprint density at radius 1 is 1.35 bits per heavy atom. The van der Waals surface area contributed by atoms with Crippen LogP contribution < -0.4 is 5.73 Å². The summed E-state index contributed by atoms with van der Waals surface area (Å²) in [6, 6.07) is 8.42. The van der Waals surface area contributed by atoms with Gasteiger partial charge in [-0.3, -0.25) is 0 Å². The van der Waals surface area contributed by atoms with Crippen LogP contribution in [0.3, 0.4) is 0 Å². The fourth-order valence-corrected chi connectivity index (χ4v) is 3.54. The summed E-state index contributed by atoms with van der Waals surface area (Å²) in [5.41, 5.74) is 6.40. The Hall–Kier alpha value is 0.0700. The number of thioether (sulfide) groups is 1. The van der Waals surface area contributed by atoms with E-state index in [4.69, 9.17) is 17.3 Å². The number of nitrogens with two attached hydrogens (primary N) is 1. The van der Waals surface area contributed by atoms with Crippen LogP contribution in [-0.2, 0) is 0 Å². The highest BCUT2D eigenvalue weighted by molar-refractivity contribution is 7.99. The van der Waals surface area contributed by atoms with Gasteiger partial charge in [0.2, 0.25) is 0 Å². The Morgan fingerprint density at radius 2 is 2.00 bits per heavy atom. The molecule has 0 bridgehead atoms. The van der Waals surface area contributed by atoms with Gasteiger partial charge in [0.1, 0.15) is 0 Å². The van der Waals surface area contributed by atoms with Gasteiger partial charge in [0.15, 0.2) is 0 Å². The van der Waals surface area contributed by atoms with Crippen LogP contribution in [0.5, 0.6) is 0 Å². The molecular weight excluding hydrogens is 311 g/mol. The molecule has 0 radical (unpaired) electrons. The van der Waals surface area contributed by atoms with Gasteiger partial charge in [-0.1, -0.05) is 25.4 Å². The molecule has 114 valence electrons. The van der Waals surface area contributed by atoms with Crippen LogP contribution in [0, 0.1) is 5.41 Å². The van der Waals surface area contributed by atoms with Crippen molar-refractivity contribution in [1.82, 2.24) is 4.90 Å². The number of hydrogen-bond acceptors (Lipinski definition) is 3. The molecule has 1 saturated heterocycles. The molecule has 0 aliphatic carbocycles. The minimum atomic E-state index is 0. The zero-order chi connectivity index (χ0) is 13.9. The van der Waals surface area contributed by atoms with Gasteiger partial charge in [-0.2, -0.15) is 0 Å². The molecule has 1 heterocycles. The molecule has 0 amide bonds. The van der Waals surface area contributed by atoms with Crippen LogP contribution in [0.4, 0.5) is 0 Å². The molecule has 1 aromatic carbocycles. The largest absolute Gasteiger partial charge is 0.327 e. The number of piperidine rings is 1. The average molecular weight is 335 g/mol. The van der Waals surface area contributed by atoms with E-state index in [1.54, 1.807) is 0 Å². The van der Waals surface area contributed by atoms with Crippen LogP contribution >= 0.6 is 35.8 Å². The summed E-state index contributed by atoms with van der Waals surface area (Å²) in [6.45, 7) is 7.91. The lowest BCUT2D eigenvalue weighted by molar-refractivity contribution is 0.101. The third-order valence-corrected chi connectivity index (χ3v) is 5.13. The van der Waals surface area contributed by atoms with Crippen molar-refractivity contribution in [3.05, 3.63) is 29.3 Å². The van der Waals surface area contributed by atoms with Gasteiger partial charge in [0.05, 0.1) is 0 Å². The van der Waals surface area contributed by atoms with E-state index in [2.05, 4.69) is 30.9 Å². The molecule has 2 nitrogen and oxygen atoms in total. The van der Waals surface area contributed by atoms with Gasteiger partial charge in [-0.15, -0.1) is 24.2 Å². The molecular formula is C15H24Cl2N2S. The minimum Gasteiger partial charge on any atom is -0.327 e. The first kappa shape index (κ1) is 18.1. The van der Waals surface area contributed by atoms with E-state index < -0.39 is 0 Å². The summed E-state index contributed by atoms with van der Waals surface area (Å²) in [5, 5.41) is 0.802. The number of nitrogens with zero attached hydrogens (tertiary/aromatic N) is 1. The van der Waals surface area contributed by atoms with Crippen LogP contribution in [0.25, 0.3) is 0 Å². The lowest BCUT2D eigenvalue weighted by Gasteiger charge is -2.42. The topological polar surface area (TPSA) is 29.3 Å². The molecule has 20 heavy (non-hydrogen) atoms. The highest BCUT2D eigenvalue weighted by Crippen LogP contribution is 2.28. The summed E-state index contributed by atoms with van der Waals surface area (Å²) in [7, 11) is 0. The molecule has 1 fully saturated rings. The quantitative estimate of drug-likeness (QED) is 0.846. The van der Waals surface area contributed by atoms with E-state index >= 15 is 0 Å². The SMILES string of the molecule is CC1(C)CN(CCSc2ccc(Cl)cc2)CCC1N.Cl. The van der Waals surface area contributed by atoms with Crippen molar-refractivity contribution in [2.75, 3.05) is 25.4 Å². The first-order valence-electron chi connectivity index (χ1n) is 6.84. The predicted molar refractivity (Wildman–Crippen MR) is 92.2 cm³/mol. The second-order valence-corrected chi connectivity index (χ2v) is 7.57. The van der Waals surface area contributed by atoms with Gasteiger partial charge in [-0.25, -0.2) is 0 Å². The smallest absolute Gasteiger partial charge is 0.0406 e. The lowest BCUT2D eigenvalue weighted by atomic mass is 9.80. The maximum atomic E-state index is 6.16. The molecule has 1 aliphatic heterocycles. The number of rotatable bonds is 4. The lowest BCUT2D eigenvalue weighted by Crippen LogP contribution is -2.52. The number of hydrogen-bond donors (Lipinski definition) is 1. The molecule has 0 spiro atoms. The summed E-state index contributed by atoms with van der Waals surface area (Å²) >= 11 is 7.78. The zero-order valence-electron chi connectivity index (χ0n) is 12.1. The molecule has 1 atom stereocenters. The summed E-state index contributed by atoms with van der Waals surface area (Å²) in [6.07, 6.45) is 1.11. The average Bonchev–Trinajstić information content (AvgIpc) is 2.36. The van der Waals surface area contributed by atoms with Gasteiger partial charge in [0, 0.05) is 34.8 Å². The minimum absolute atomic E-state index is 0. The van der Waals surface area contributed by atoms with Gasteiger partial charge >= 0.3 is 0 Å². The third-order valence-electron chi connectivity index (χ3n) is 3.88. The molecule has 1 aliphatic rings. The number of likely N-dealkylation sites (tertiary alicyclic amines) is 1. The third kappa shape index (κ3) is 5.12. The monoisotopic (exact) mass is 334 g/mol. The standard InChI is InChI=1S/C15H23ClN2S.ClH/c1-15(2)11-18(8-7-14(15)17)9-10-19-13-5-3-12(16)4-6-13;/h3-6,14H,7-11,17H2,1-2H3;1H. The van der Waals surface area contributed by atoms with Crippen molar-refractivity contribution in [2.45, 2.75) is 31.2 Å². The molecule has 5 heteroatoms. The molecule has 1 aromatic rings. The van der Waals surface area contributed by atoms with Crippen molar-refractivity contribution in [2.24, 2.45) is 11.1 Å². The number of benzene rings is 1. The maximum absolute atomic E-state index is 6.16. The van der Waals surface area contributed by atoms with Gasteiger partial charge in [-0.05, 0) is 42.6 Å². The van der Waals surface area contributed by atoms with Crippen molar-refractivity contribution < 1.29 is 0 Å². The fraction of sp³-hybridized carbons (Fsp3) is 0.600. The van der Waals surface area contributed by atoms with Crippen molar-refractivity contribution in [3.8, 4) is 0 Å². The molecule has 2 N–H and O–H groups in total. The van der Waals surface area contributed by atoms with Crippen molar-refractivity contribution in [1.29, 1.82) is 0 Å². The summed E-state index contributed by atoms with van der Waals surface area (Å²) < 4.78 is 0. The van der Waals surface area contributed by atoms with Crippen molar-refractivity contribution >= 4 is 35.8 Å². The summed E-state index contributed by atoms with van der Waals surface area (Å²) in [4.78, 5) is 3.82. The maximum Gasteiger partial charge on any atom is 0.0406 e. The summed E-state index contributed by atoms with van der Waals surface area (Å²) in [5.74, 6) is 1.12. The molecule has 2 rings (SSSR count). The van der Waals surface area contributed by atoms with Crippen LogP contribution in [0.1, 0.15) is 20.3 Å². The van der Waals surface area contributed by atoms with Gasteiger partial charge < -0.3 is 10.6 Å². The molecule has 0 aromatic heterocycles. The Labute approximate surface area is 137 Å². The Kier molecular flexibility index (Phi) is 7.16. The highest BCUT2D eigenvalue weighted by atomic mass is 35.5. The molecule has 1 unspecified atom stereocenters. The van der Waals surface area contributed by atoms with Crippen molar-refractivity contribution in [3.63, 3.8) is 0 Å². The Morgan fingerprint density at radius 3 is 2.60 bits per heavy atom. The van der Waals surface area contributed by atoms with E-state index in [9.17, 15) is 0 Å². The van der Waals surface area contributed by atoms with E-state index in [1.807, 2.05) is 23.9 Å². The van der Waals surface area contributed by atoms with E-state index in [-0.39, 0.29) is 17.8 Å². The van der Waals surface area contributed by atoms with Crippen LogP contribution in [0.2, 0.25) is 5.02 Å². The zero-order valence-corrected chi connectivity index (χ0v) is 14.5. The fourth-order valence-electron chi connectivity index (χ4n) is 2.50. The van der Waals surface area contributed by atoms with E-state index in [0.29, 0.717) is 6.04 Å². The number of halogens is 2. The van der Waals surface area contributed by atoms with Gasteiger partial charge in [0.25, 0.3) is 0 Å². The van der Waals surface area contributed by atoms with E-state index in [1.165, 1.54) is 4.90 Å².